The van der Waals surface area contributed by atoms with Crippen molar-refractivity contribution in [3.8, 4) is 0 Å². The quantitative estimate of drug-likeness (QED) is 0.480. The zero-order valence-electron chi connectivity index (χ0n) is 21.9. The SMILES string of the molecule is CN1CCc2nc(C(=O)N[C@@H]3C[C@@H](C(=O)N(C)C)CC[C@@H]3NC(=O)C(=O)Nc3ccc(Cl)cn3)sc2C1.[H+]. The van der Waals surface area contributed by atoms with Crippen LogP contribution in [-0.4, -0.2) is 83.2 Å². The number of thiazole rings is 1. The van der Waals surface area contributed by atoms with Crippen molar-refractivity contribution in [2.75, 3.05) is 33.0 Å². The average Bonchev–Trinajstić information content (AvgIpc) is 3.29. The molecule has 11 nitrogen and oxygen atoms in total. The zero-order valence-corrected chi connectivity index (χ0v) is 22.5. The molecule has 0 radical (unpaired) electrons. The zero-order chi connectivity index (χ0) is 26.7. The first kappa shape index (κ1) is 27.0. The molecule has 2 aromatic heterocycles. The summed E-state index contributed by atoms with van der Waals surface area (Å²) in [5.41, 5.74) is 0.940. The van der Waals surface area contributed by atoms with Gasteiger partial charge in [0.1, 0.15) is 5.82 Å². The van der Waals surface area contributed by atoms with Gasteiger partial charge in [-0.25, -0.2) is 9.97 Å². The molecule has 3 atom stereocenters. The van der Waals surface area contributed by atoms with Crippen LogP contribution in [0.4, 0.5) is 5.82 Å². The predicted molar refractivity (Wildman–Crippen MR) is 140 cm³/mol. The number of hydrogen-bond acceptors (Lipinski definition) is 8. The van der Waals surface area contributed by atoms with Gasteiger partial charge in [0.15, 0.2) is 5.01 Å². The standard InChI is InChI=1S/C24H30ClN7O4S/c1-31(2)24(36)13-4-6-15(27-20(33)21(34)30-19-7-5-14(25)11-26-19)17(10-13)28-22(35)23-29-16-8-9-32(3)12-18(16)37-23/h5,7,11,13,15,17H,4,6,8-10,12H2,1-3H3,(H,27,33)(H,28,35)(H,26,30,34)/p+1/t13-,15-,17+/m0/s1. The van der Waals surface area contributed by atoms with E-state index in [9.17, 15) is 19.2 Å². The number of carbonyl (C=O) groups is 4. The second-order valence-corrected chi connectivity index (χ2v) is 11.1. The fourth-order valence-electron chi connectivity index (χ4n) is 4.60. The monoisotopic (exact) mass is 548 g/mol. The van der Waals surface area contributed by atoms with Crippen LogP contribution in [0.5, 0.6) is 0 Å². The van der Waals surface area contributed by atoms with Gasteiger partial charge in [-0.15, -0.1) is 11.3 Å². The molecule has 0 spiro atoms. The number of pyridine rings is 1. The Morgan fingerprint density at radius 3 is 2.62 bits per heavy atom. The maximum Gasteiger partial charge on any atom is 1.00 e. The minimum atomic E-state index is -0.886. The Balaban J connectivity index is 0.00000400. The molecule has 0 bridgehead atoms. The summed E-state index contributed by atoms with van der Waals surface area (Å²) in [5, 5.41) is 8.91. The molecule has 0 aromatic carbocycles. The van der Waals surface area contributed by atoms with Crippen LogP contribution in [0.3, 0.4) is 0 Å². The second-order valence-electron chi connectivity index (χ2n) is 9.60. The van der Waals surface area contributed by atoms with Gasteiger partial charge in [0.2, 0.25) is 5.91 Å². The number of hydrogen-bond donors (Lipinski definition) is 3. The number of amides is 4. The molecule has 4 rings (SSSR count). The number of fused-ring (bicyclic) bond motifs is 1. The van der Waals surface area contributed by atoms with Gasteiger partial charge < -0.3 is 25.8 Å². The van der Waals surface area contributed by atoms with E-state index in [-0.39, 0.29) is 25.0 Å². The largest absolute Gasteiger partial charge is 1.00 e. The van der Waals surface area contributed by atoms with E-state index in [0.717, 1.165) is 30.1 Å². The molecule has 1 aliphatic carbocycles. The number of likely N-dealkylation sites (N-methyl/N-ethyl adjacent to an activating group) is 1. The molecule has 0 saturated heterocycles. The number of aromatic nitrogens is 2. The van der Waals surface area contributed by atoms with Crippen LogP contribution >= 0.6 is 22.9 Å². The van der Waals surface area contributed by atoms with E-state index < -0.39 is 23.9 Å². The Morgan fingerprint density at radius 1 is 1.14 bits per heavy atom. The molecular weight excluding hydrogens is 518 g/mol. The topological polar surface area (TPSA) is 137 Å². The molecule has 1 aliphatic heterocycles. The Bertz CT molecular complexity index is 1190. The summed E-state index contributed by atoms with van der Waals surface area (Å²) in [5.74, 6) is -2.25. The molecule has 1 fully saturated rings. The number of rotatable bonds is 5. The fourth-order valence-corrected chi connectivity index (χ4v) is 5.80. The second kappa shape index (κ2) is 11.5. The van der Waals surface area contributed by atoms with Gasteiger partial charge in [0.05, 0.1) is 16.8 Å². The smallest absolute Gasteiger partial charge is 0.349 e. The van der Waals surface area contributed by atoms with Crippen molar-refractivity contribution >= 4 is 52.4 Å². The van der Waals surface area contributed by atoms with Crippen molar-refractivity contribution < 1.29 is 20.6 Å². The molecule has 37 heavy (non-hydrogen) atoms. The van der Waals surface area contributed by atoms with Crippen LogP contribution < -0.4 is 16.0 Å². The number of carbonyl (C=O) groups excluding carboxylic acids is 4. The van der Waals surface area contributed by atoms with E-state index in [1.54, 1.807) is 20.2 Å². The van der Waals surface area contributed by atoms with Crippen LogP contribution in [-0.2, 0) is 27.3 Å². The lowest BCUT2D eigenvalue weighted by Crippen LogP contribution is -2.57. The summed E-state index contributed by atoms with van der Waals surface area (Å²) in [4.78, 5) is 64.3. The highest BCUT2D eigenvalue weighted by Crippen LogP contribution is 2.28. The van der Waals surface area contributed by atoms with E-state index in [1.807, 2.05) is 7.05 Å². The summed E-state index contributed by atoms with van der Waals surface area (Å²) < 4.78 is 0. The highest BCUT2D eigenvalue weighted by atomic mass is 35.5. The molecule has 3 N–H and O–H groups in total. The van der Waals surface area contributed by atoms with E-state index in [2.05, 4.69) is 30.8 Å². The summed E-state index contributed by atoms with van der Waals surface area (Å²) in [6.07, 6.45) is 3.42. The van der Waals surface area contributed by atoms with Gasteiger partial charge in [-0.05, 0) is 38.4 Å². The van der Waals surface area contributed by atoms with Gasteiger partial charge >= 0.3 is 13.2 Å². The van der Waals surface area contributed by atoms with Gasteiger partial charge in [-0.2, -0.15) is 0 Å². The summed E-state index contributed by atoms with van der Waals surface area (Å²) in [6, 6.07) is 1.95. The molecule has 2 aliphatic rings. The van der Waals surface area contributed by atoms with Crippen molar-refractivity contribution in [3.63, 3.8) is 0 Å². The average molecular weight is 549 g/mol. The number of nitrogens with zero attached hydrogens (tertiary/aromatic N) is 4. The predicted octanol–water partition coefficient (Wildman–Crippen LogP) is 1.40. The summed E-state index contributed by atoms with van der Waals surface area (Å²) in [6.45, 7) is 1.63. The first-order valence-electron chi connectivity index (χ1n) is 12.0. The molecule has 4 amide bonds. The molecule has 0 unspecified atom stereocenters. The fraction of sp³-hybridized carbons (Fsp3) is 0.500. The van der Waals surface area contributed by atoms with Gasteiger partial charge in [0.25, 0.3) is 5.91 Å². The van der Waals surface area contributed by atoms with Crippen molar-refractivity contribution in [3.05, 3.63) is 38.9 Å². The number of anilines is 1. The number of halogens is 1. The van der Waals surface area contributed by atoms with Crippen LogP contribution in [0.25, 0.3) is 0 Å². The van der Waals surface area contributed by atoms with Crippen LogP contribution in [0.1, 0.15) is 41.1 Å². The van der Waals surface area contributed by atoms with Crippen LogP contribution in [0.15, 0.2) is 18.3 Å². The van der Waals surface area contributed by atoms with E-state index >= 15 is 0 Å². The molecule has 13 heteroatoms. The maximum atomic E-state index is 13.2. The summed E-state index contributed by atoms with van der Waals surface area (Å²) >= 11 is 7.17. The third kappa shape index (κ3) is 6.62. The van der Waals surface area contributed by atoms with Gasteiger partial charge in [-0.3, -0.25) is 19.2 Å². The molecule has 198 valence electrons. The van der Waals surface area contributed by atoms with Crippen molar-refractivity contribution in [2.24, 2.45) is 5.92 Å². The lowest BCUT2D eigenvalue weighted by Gasteiger charge is -2.37. The molecule has 1 saturated carbocycles. The van der Waals surface area contributed by atoms with E-state index in [1.165, 1.54) is 28.5 Å². The Morgan fingerprint density at radius 2 is 1.92 bits per heavy atom. The third-order valence-corrected chi connectivity index (χ3v) is 7.87. The van der Waals surface area contributed by atoms with Gasteiger partial charge in [-0.1, -0.05) is 11.6 Å². The number of nitrogens with one attached hydrogen (secondary N) is 3. The maximum absolute atomic E-state index is 13.2. The third-order valence-electron chi connectivity index (χ3n) is 6.56. The van der Waals surface area contributed by atoms with Crippen LogP contribution in [0, 0.1) is 5.92 Å². The Labute approximate surface area is 225 Å². The first-order chi connectivity index (χ1) is 17.6. The van der Waals surface area contributed by atoms with Crippen molar-refractivity contribution in [1.82, 2.24) is 30.4 Å². The normalized spacial score (nSPS) is 21.5. The minimum absolute atomic E-state index is 0. The first-order valence-corrected chi connectivity index (χ1v) is 13.2. The summed E-state index contributed by atoms with van der Waals surface area (Å²) in [7, 11) is 5.41. The van der Waals surface area contributed by atoms with Crippen molar-refractivity contribution in [2.45, 2.75) is 44.3 Å². The Hall–Kier alpha value is -3.09. The van der Waals surface area contributed by atoms with Crippen molar-refractivity contribution in [1.29, 1.82) is 0 Å². The van der Waals surface area contributed by atoms with Gasteiger partial charge in [0, 0.05) is 56.6 Å². The minimum Gasteiger partial charge on any atom is -0.349 e. The lowest BCUT2D eigenvalue weighted by molar-refractivity contribution is -0.137. The van der Waals surface area contributed by atoms with E-state index in [0.29, 0.717) is 29.3 Å². The Kier molecular flexibility index (Phi) is 8.40. The highest BCUT2D eigenvalue weighted by Gasteiger charge is 2.37. The molecule has 2 aromatic rings. The highest BCUT2D eigenvalue weighted by molar-refractivity contribution is 7.13. The van der Waals surface area contributed by atoms with Crippen LogP contribution in [0.2, 0.25) is 5.02 Å². The van der Waals surface area contributed by atoms with E-state index in [4.69, 9.17) is 11.6 Å². The molecule has 3 heterocycles. The lowest BCUT2D eigenvalue weighted by atomic mass is 9.81. The molecular formula is C24H31ClN7O4S+.